The quantitative estimate of drug-likeness (QED) is 0.542. The van der Waals surface area contributed by atoms with Crippen LogP contribution in [-0.2, 0) is 9.47 Å². The van der Waals surface area contributed by atoms with Crippen LogP contribution in [0.2, 0.25) is 0 Å². The minimum Gasteiger partial charge on any atom is -0.434 e. The third-order valence-electron chi connectivity index (χ3n) is 1.49. The van der Waals surface area contributed by atoms with Crippen molar-refractivity contribution in [3.63, 3.8) is 0 Å². The molecule has 0 fully saturated rings. The molecule has 0 aliphatic carbocycles. The van der Waals surface area contributed by atoms with E-state index in [1.165, 1.54) is 0 Å². The highest BCUT2D eigenvalue weighted by atomic mass is 19.3. The Morgan fingerprint density at radius 2 is 1.06 bits per heavy atom. The minimum absolute atomic E-state index is 0.711. The van der Waals surface area contributed by atoms with Gasteiger partial charge in [-0.2, -0.15) is 17.6 Å². The van der Waals surface area contributed by atoms with E-state index in [-0.39, 0.29) is 0 Å². The Morgan fingerprint density at radius 3 is 1.33 bits per heavy atom. The minimum atomic E-state index is -2.53. The molecule has 0 rings (SSSR count). The summed E-state index contributed by atoms with van der Waals surface area (Å²) in [7, 11) is 0. The van der Waals surface area contributed by atoms with Crippen LogP contribution >= 0.6 is 0 Å². The fraction of sp³-hybridized carbons (Fsp3) is 0.444. The molecule has 0 aromatic rings. The Kier molecular flexibility index (Phi) is 7.64. The second-order valence-electron chi connectivity index (χ2n) is 2.78. The SMILES string of the molecule is O=C(OCCC(F)=C(F)F)OCCC(F)=C(F)F. The first-order valence-electron chi connectivity index (χ1n) is 4.53. The molecule has 0 aromatic carbocycles. The fourth-order valence-electron chi connectivity index (χ4n) is 0.679. The molecule has 0 aliphatic heterocycles. The molecular weight excluding hydrogens is 270 g/mol. The summed E-state index contributed by atoms with van der Waals surface area (Å²) < 4.78 is 78.7. The summed E-state index contributed by atoms with van der Waals surface area (Å²) in [6, 6.07) is 0. The van der Waals surface area contributed by atoms with Crippen molar-refractivity contribution in [1.29, 1.82) is 0 Å². The molecule has 0 saturated heterocycles. The van der Waals surface area contributed by atoms with Gasteiger partial charge in [0.2, 0.25) is 0 Å². The number of hydrogen-bond acceptors (Lipinski definition) is 3. The van der Waals surface area contributed by atoms with E-state index in [1.807, 2.05) is 0 Å². The van der Waals surface area contributed by atoms with Crippen molar-refractivity contribution in [2.45, 2.75) is 12.8 Å². The number of hydrogen-bond donors (Lipinski definition) is 0. The van der Waals surface area contributed by atoms with Crippen LogP contribution in [0.25, 0.3) is 0 Å². The van der Waals surface area contributed by atoms with Crippen molar-refractivity contribution in [3.8, 4) is 0 Å². The van der Waals surface area contributed by atoms with Gasteiger partial charge in [0.05, 0.1) is 0 Å². The predicted octanol–water partition coefficient (Wildman–Crippen LogP) is 4.08. The predicted molar refractivity (Wildman–Crippen MR) is 47.2 cm³/mol. The molecule has 0 spiro atoms. The molecule has 0 aliphatic rings. The van der Waals surface area contributed by atoms with Gasteiger partial charge in [-0.3, -0.25) is 0 Å². The van der Waals surface area contributed by atoms with E-state index in [9.17, 15) is 31.1 Å². The van der Waals surface area contributed by atoms with Gasteiger partial charge in [0, 0.05) is 12.8 Å². The summed E-state index contributed by atoms with van der Waals surface area (Å²) in [4.78, 5) is 10.6. The Hall–Kier alpha value is -1.67. The van der Waals surface area contributed by atoms with Crippen molar-refractivity contribution in [1.82, 2.24) is 0 Å². The smallest absolute Gasteiger partial charge is 0.434 e. The zero-order valence-corrected chi connectivity index (χ0v) is 8.82. The second-order valence-corrected chi connectivity index (χ2v) is 2.78. The molecule has 0 radical (unpaired) electrons. The van der Waals surface area contributed by atoms with Crippen LogP contribution in [0.5, 0.6) is 0 Å². The molecule has 18 heavy (non-hydrogen) atoms. The maximum atomic E-state index is 12.2. The molecule has 0 saturated carbocycles. The van der Waals surface area contributed by atoms with E-state index in [0.717, 1.165) is 0 Å². The molecule has 0 aromatic heterocycles. The lowest BCUT2D eigenvalue weighted by Gasteiger charge is -2.04. The summed E-state index contributed by atoms with van der Waals surface area (Å²) >= 11 is 0. The maximum absolute atomic E-state index is 12.2. The Morgan fingerprint density at radius 1 is 0.722 bits per heavy atom. The van der Waals surface area contributed by atoms with E-state index in [0.29, 0.717) is 0 Å². The van der Waals surface area contributed by atoms with Crippen molar-refractivity contribution in [2.75, 3.05) is 13.2 Å². The topological polar surface area (TPSA) is 35.5 Å². The third kappa shape index (κ3) is 7.58. The van der Waals surface area contributed by atoms with Crippen LogP contribution in [0.4, 0.5) is 31.1 Å². The second kappa shape index (κ2) is 8.43. The Balaban J connectivity index is 3.74. The van der Waals surface area contributed by atoms with E-state index < -0.39 is 56.0 Å². The van der Waals surface area contributed by atoms with Gasteiger partial charge in [-0.05, 0) is 0 Å². The van der Waals surface area contributed by atoms with Crippen LogP contribution in [-0.4, -0.2) is 19.4 Å². The summed E-state index contributed by atoms with van der Waals surface area (Å²) in [6.07, 6.45) is -8.14. The van der Waals surface area contributed by atoms with E-state index in [2.05, 4.69) is 9.47 Å². The zero-order valence-electron chi connectivity index (χ0n) is 8.82. The van der Waals surface area contributed by atoms with Gasteiger partial charge in [0.1, 0.15) is 13.2 Å². The van der Waals surface area contributed by atoms with E-state index in [4.69, 9.17) is 0 Å². The number of carbonyl (C=O) groups excluding carboxylic acids is 1. The van der Waals surface area contributed by atoms with Gasteiger partial charge >= 0.3 is 18.3 Å². The first kappa shape index (κ1) is 16.3. The monoisotopic (exact) mass is 278 g/mol. The van der Waals surface area contributed by atoms with Crippen molar-refractivity contribution in [2.24, 2.45) is 0 Å². The molecule has 0 unspecified atom stereocenters. The van der Waals surface area contributed by atoms with E-state index in [1.54, 1.807) is 0 Å². The Bertz CT molecular complexity index is 312. The number of rotatable bonds is 6. The average Bonchev–Trinajstić information content (AvgIpc) is 2.28. The normalized spacial score (nSPS) is 9.67. The number of ether oxygens (including phenoxy) is 2. The van der Waals surface area contributed by atoms with Crippen LogP contribution in [0.3, 0.4) is 0 Å². The van der Waals surface area contributed by atoms with Crippen LogP contribution in [0.1, 0.15) is 12.8 Å². The van der Waals surface area contributed by atoms with Gasteiger partial charge in [-0.25, -0.2) is 13.6 Å². The summed E-state index contributed by atoms with van der Waals surface area (Å²) in [5, 5.41) is 0. The van der Waals surface area contributed by atoms with Crippen molar-refractivity contribution < 1.29 is 40.6 Å². The first-order valence-corrected chi connectivity index (χ1v) is 4.53. The third-order valence-corrected chi connectivity index (χ3v) is 1.49. The molecule has 0 bridgehead atoms. The zero-order chi connectivity index (χ0) is 14.1. The molecule has 9 heteroatoms. The summed E-state index contributed by atoms with van der Waals surface area (Å²) in [5.41, 5.74) is 0. The van der Waals surface area contributed by atoms with E-state index >= 15 is 0 Å². The van der Waals surface area contributed by atoms with Crippen LogP contribution in [0.15, 0.2) is 23.8 Å². The summed E-state index contributed by atoms with van der Waals surface area (Å²) in [5.74, 6) is -3.48. The molecule has 0 amide bonds. The maximum Gasteiger partial charge on any atom is 0.508 e. The number of carbonyl (C=O) groups is 1. The highest BCUT2D eigenvalue weighted by Crippen LogP contribution is 2.14. The molecule has 0 atom stereocenters. The average molecular weight is 278 g/mol. The van der Waals surface area contributed by atoms with Crippen molar-refractivity contribution >= 4 is 6.16 Å². The van der Waals surface area contributed by atoms with Gasteiger partial charge in [0.25, 0.3) is 0 Å². The summed E-state index contributed by atoms with van der Waals surface area (Å²) in [6.45, 7) is -1.42. The lowest BCUT2D eigenvalue weighted by molar-refractivity contribution is 0.0544. The molecule has 104 valence electrons. The largest absolute Gasteiger partial charge is 0.508 e. The highest BCUT2D eigenvalue weighted by molar-refractivity contribution is 5.59. The van der Waals surface area contributed by atoms with Gasteiger partial charge in [-0.15, -0.1) is 0 Å². The van der Waals surface area contributed by atoms with Gasteiger partial charge < -0.3 is 9.47 Å². The van der Waals surface area contributed by atoms with Crippen LogP contribution in [0, 0.1) is 0 Å². The molecule has 0 heterocycles. The van der Waals surface area contributed by atoms with Crippen molar-refractivity contribution in [3.05, 3.63) is 23.8 Å². The van der Waals surface area contributed by atoms with Crippen LogP contribution < -0.4 is 0 Å². The number of halogens is 6. The highest BCUT2D eigenvalue weighted by Gasteiger charge is 2.10. The van der Waals surface area contributed by atoms with Gasteiger partial charge in [0.15, 0.2) is 11.7 Å². The Labute approximate surface area is 97.7 Å². The molecule has 0 N–H and O–H groups in total. The molecular formula is C9H8F6O3. The fourth-order valence-corrected chi connectivity index (χ4v) is 0.679. The lowest BCUT2D eigenvalue weighted by atomic mass is 10.4. The van der Waals surface area contributed by atoms with Gasteiger partial charge in [-0.1, -0.05) is 0 Å². The lowest BCUT2D eigenvalue weighted by Crippen LogP contribution is -2.09. The standard InChI is InChI=1S/C9H8F6O3/c10-5(7(12)13)1-3-17-9(16)18-4-2-6(11)8(14)15/h1-4H2. The first-order chi connectivity index (χ1) is 8.34. The molecule has 3 nitrogen and oxygen atoms in total.